The van der Waals surface area contributed by atoms with E-state index in [1.54, 1.807) is 12.1 Å². The normalized spacial score (nSPS) is 11.0. The summed E-state index contributed by atoms with van der Waals surface area (Å²) in [5.74, 6) is -0.367. The number of benzene rings is 2. The van der Waals surface area contributed by atoms with Crippen LogP contribution in [-0.4, -0.2) is 21.6 Å². The molecule has 5 nitrogen and oxygen atoms in total. The highest BCUT2D eigenvalue weighted by Gasteiger charge is 2.14. The first kappa shape index (κ1) is 20.3. The van der Waals surface area contributed by atoms with E-state index in [1.165, 1.54) is 35.2 Å². The zero-order valence-corrected chi connectivity index (χ0v) is 17.7. The Morgan fingerprint density at radius 1 is 1.20 bits per heavy atom. The Balaban J connectivity index is 1.51. The number of hydrogen-bond donors (Lipinski definition) is 2. The van der Waals surface area contributed by atoms with Crippen LogP contribution >= 0.6 is 23.1 Å². The first-order valence-electron chi connectivity index (χ1n) is 9.33. The fourth-order valence-electron chi connectivity index (χ4n) is 3.11. The van der Waals surface area contributed by atoms with Crippen molar-refractivity contribution in [1.29, 1.82) is 0 Å². The van der Waals surface area contributed by atoms with Crippen molar-refractivity contribution in [2.24, 2.45) is 0 Å². The van der Waals surface area contributed by atoms with Crippen molar-refractivity contribution < 1.29 is 9.18 Å². The van der Waals surface area contributed by atoms with Gasteiger partial charge in [0.25, 0.3) is 5.56 Å². The van der Waals surface area contributed by atoms with Crippen LogP contribution in [0.25, 0.3) is 21.3 Å². The lowest BCUT2D eigenvalue weighted by molar-refractivity contribution is -0.113. The monoisotopic (exact) mass is 439 g/mol. The van der Waals surface area contributed by atoms with E-state index in [1.807, 2.05) is 36.6 Å². The van der Waals surface area contributed by atoms with E-state index in [0.29, 0.717) is 20.9 Å². The predicted molar refractivity (Wildman–Crippen MR) is 121 cm³/mol. The van der Waals surface area contributed by atoms with Gasteiger partial charge in [-0.25, -0.2) is 9.37 Å². The molecule has 2 aromatic carbocycles. The van der Waals surface area contributed by atoms with Crippen LogP contribution in [0.2, 0.25) is 0 Å². The van der Waals surface area contributed by atoms with Gasteiger partial charge < -0.3 is 10.3 Å². The van der Waals surface area contributed by atoms with Crippen molar-refractivity contribution in [3.63, 3.8) is 0 Å². The lowest BCUT2D eigenvalue weighted by Gasteiger charge is -2.09. The van der Waals surface area contributed by atoms with Crippen LogP contribution in [-0.2, 0) is 11.2 Å². The molecule has 0 aliphatic rings. The van der Waals surface area contributed by atoms with Crippen molar-refractivity contribution in [2.45, 2.75) is 18.5 Å². The largest absolute Gasteiger partial charge is 0.325 e. The molecule has 0 atom stereocenters. The minimum absolute atomic E-state index is 0.128. The number of aromatic nitrogens is 2. The first-order valence-corrected chi connectivity index (χ1v) is 11.2. The van der Waals surface area contributed by atoms with Crippen LogP contribution in [0.15, 0.2) is 63.9 Å². The van der Waals surface area contributed by atoms with Gasteiger partial charge in [0.05, 0.1) is 11.1 Å². The number of fused-ring (bicyclic) bond motifs is 1. The molecule has 2 aromatic heterocycles. The van der Waals surface area contributed by atoms with Crippen molar-refractivity contribution in [1.82, 2.24) is 9.97 Å². The van der Waals surface area contributed by atoms with Crippen LogP contribution < -0.4 is 10.9 Å². The second-order valence-electron chi connectivity index (χ2n) is 6.56. The Morgan fingerprint density at radius 3 is 2.73 bits per heavy atom. The molecule has 2 heterocycles. The van der Waals surface area contributed by atoms with Crippen LogP contribution in [0.1, 0.15) is 12.5 Å². The summed E-state index contributed by atoms with van der Waals surface area (Å²) in [4.78, 5) is 32.8. The summed E-state index contributed by atoms with van der Waals surface area (Å²) in [6.45, 7) is 2.03. The SMILES string of the molecule is CCc1ccccc1NC(=O)CSc1nc2scc(-c3ccc(F)cc3)c2c(=O)[nH]1. The number of carbonyl (C=O) groups excluding carboxylic acids is 1. The molecule has 2 N–H and O–H groups in total. The molecule has 0 fully saturated rings. The van der Waals surface area contributed by atoms with E-state index in [0.717, 1.165) is 23.2 Å². The standard InChI is InChI=1S/C22H18FN3O2S2/c1-2-13-5-3-4-6-17(13)24-18(27)12-30-22-25-20(28)19-16(11-29-21(19)26-22)14-7-9-15(23)10-8-14/h3-11H,2,12H2,1H3,(H,24,27)(H,25,26,28). The maximum absolute atomic E-state index is 13.2. The molecule has 0 aliphatic heterocycles. The van der Waals surface area contributed by atoms with E-state index in [9.17, 15) is 14.0 Å². The number of para-hydroxylation sites is 1. The third-order valence-corrected chi connectivity index (χ3v) is 6.34. The summed E-state index contributed by atoms with van der Waals surface area (Å²) in [7, 11) is 0. The van der Waals surface area contributed by atoms with Crippen molar-refractivity contribution in [2.75, 3.05) is 11.1 Å². The summed E-state index contributed by atoms with van der Waals surface area (Å²) >= 11 is 2.52. The fraction of sp³-hybridized carbons (Fsp3) is 0.136. The minimum atomic E-state index is -0.330. The number of carbonyl (C=O) groups is 1. The molecule has 0 aliphatic carbocycles. The van der Waals surface area contributed by atoms with Gasteiger partial charge in [-0.05, 0) is 35.7 Å². The van der Waals surface area contributed by atoms with E-state index < -0.39 is 0 Å². The molecular weight excluding hydrogens is 421 g/mol. The van der Waals surface area contributed by atoms with Crippen LogP contribution in [0, 0.1) is 5.82 Å². The smallest absolute Gasteiger partial charge is 0.260 e. The Labute approximate surface area is 180 Å². The molecule has 0 saturated heterocycles. The maximum atomic E-state index is 13.2. The number of aryl methyl sites for hydroxylation is 1. The first-order chi connectivity index (χ1) is 14.5. The van der Waals surface area contributed by atoms with Gasteiger partial charge in [0.1, 0.15) is 10.6 Å². The van der Waals surface area contributed by atoms with Crippen molar-refractivity contribution in [3.8, 4) is 11.1 Å². The number of nitrogens with one attached hydrogen (secondary N) is 2. The minimum Gasteiger partial charge on any atom is -0.325 e. The third-order valence-electron chi connectivity index (χ3n) is 4.59. The molecule has 0 spiro atoms. The topological polar surface area (TPSA) is 74.8 Å². The number of amides is 1. The van der Waals surface area contributed by atoms with E-state index in [2.05, 4.69) is 15.3 Å². The van der Waals surface area contributed by atoms with Gasteiger partial charge in [-0.3, -0.25) is 9.59 Å². The lowest BCUT2D eigenvalue weighted by Crippen LogP contribution is -2.16. The van der Waals surface area contributed by atoms with Gasteiger partial charge in [0.2, 0.25) is 5.91 Å². The molecule has 30 heavy (non-hydrogen) atoms. The summed E-state index contributed by atoms with van der Waals surface area (Å²) < 4.78 is 13.2. The summed E-state index contributed by atoms with van der Waals surface area (Å²) in [5.41, 5.74) is 3.05. The van der Waals surface area contributed by atoms with Gasteiger partial charge in [0.15, 0.2) is 5.16 Å². The van der Waals surface area contributed by atoms with E-state index in [-0.39, 0.29) is 23.0 Å². The zero-order chi connectivity index (χ0) is 21.1. The number of rotatable bonds is 6. The average Bonchev–Trinajstić information content (AvgIpc) is 3.18. The van der Waals surface area contributed by atoms with Gasteiger partial charge in [0, 0.05) is 16.6 Å². The summed E-state index contributed by atoms with van der Waals surface area (Å²) in [5, 5.41) is 5.60. The number of thioether (sulfide) groups is 1. The van der Waals surface area contributed by atoms with Crippen molar-refractivity contribution >= 4 is 44.9 Å². The number of aromatic amines is 1. The molecule has 0 radical (unpaired) electrons. The zero-order valence-electron chi connectivity index (χ0n) is 16.1. The number of H-pyrrole nitrogens is 1. The second kappa shape index (κ2) is 8.81. The molecular formula is C22H18FN3O2S2. The quantitative estimate of drug-likeness (QED) is 0.324. The Kier molecular flexibility index (Phi) is 5.96. The molecule has 0 unspecified atom stereocenters. The molecule has 0 bridgehead atoms. The molecule has 4 aromatic rings. The second-order valence-corrected chi connectivity index (χ2v) is 8.38. The lowest BCUT2D eigenvalue weighted by atomic mass is 10.1. The van der Waals surface area contributed by atoms with Gasteiger partial charge in [-0.2, -0.15) is 0 Å². The van der Waals surface area contributed by atoms with E-state index in [4.69, 9.17) is 0 Å². The van der Waals surface area contributed by atoms with Gasteiger partial charge in [-0.1, -0.05) is 49.0 Å². The number of halogens is 1. The predicted octanol–water partition coefficient (Wildman–Crippen LogP) is 5.08. The Bertz CT molecular complexity index is 1270. The Hall–Kier alpha value is -2.97. The van der Waals surface area contributed by atoms with E-state index >= 15 is 0 Å². The van der Waals surface area contributed by atoms with Gasteiger partial charge in [-0.15, -0.1) is 11.3 Å². The van der Waals surface area contributed by atoms with Crippen LogP contribution in [0.5, 0.6) is 0 Å². The summed E-state index contributed by atoms with van der Waals surface area (Å²) in [6.07, 6.45) is 0.823. The molecule has 0 saturated carbocycles. The number of thiophene rings is 1. The van der Waals surface area contributed by atoms with Crippen molar-refractivity contribution in [3.05, 3.63) is 75.6 Å². The molecule has 4 rings (SSSR count). The average molecular weight is 440 g/mol. The number of hydrogen-bond acceptors (Lipinski definition) is 5. The highest BCUT2D eigenvalue weighted by molar-refractivity contribution is 7.99. The van der Waals surface area contributed by atoms with Crippen LogP contribution in [0.4, 0.5) is 10.1 Å². The van der Waals surface area contributed by atoms with Gasteiger partial charge >= 0.3 is 0 Å². The Morgan fingerprint density at radius 2 is 1.97 bits per heavy atom. The molecule has 8 heteroatoms. The third kappa shape index (κ3) is 4.29. The fourth-order valence-corrected chi connectivity index (χ4v) is 4.78. The maximum Gasteiger partial charge on any atom is 0.260 e. The molecule has 1 amide bonds. The highest BCUT2D eigenvalue weighted by atomic mass is 32.2. The molecule has 152 valence electrons. The number of anilines is 1. The summed E-state index contributed by atoms with van der Waals surface area (Å²) in [6, 6.07) is 13.7. The van der Waals surface area contributed by atoms with Crippen LogP contribution in [0.3, 0.4) is 0 Å². The highest BCUT2D eigenvalue weighted by Crippen LogP contribution is 2.31. The number of nitrogens with zero attached hydrogens (tertiary/aromatic N) is 1.